The van der Waals surface area contributed by atoms with Crippen molar-refractivity contribution in [1.82, 2.24) is 9.97 Å². The van der Waals surface area contributed by atoms with Crippen LogP contribution in [0.1, 0.15) is 50.6 Å². The maximum atomic E-state index is 12.5. The van der Waals surface area contributed by atoms with Crippen molar-refractivity contribution in [3.8, 4) is 5.75 Å². The van der Waals surface area contributed by atoms with Crippen LogP contribution in [0.15, 0.2) is 24.3 Å². The first kappa shape index (κ1) is 23.1. The number of rotatable bonds is 7. The van der Waals surface area contributed by atoms with Gasteiger partial charge in [0.15, 0.2) is 0 Å². The highest BCUT2D eigenvalue weighted by molar-refractivity contribution is 5.52. The Morgan fingerprint density at radius 3 is 2.48 bits per heavy atom. The van der Waals surface area contributed by atoms with Gasteiger partial charge in [-0.05, 0) is 35.6 Å². The summed E-state index contributed by atoms with van der Waals surface area (Å²) in [5.74, 6) is 2.25. The second-order valence-electron chi connectivity index (χ2n) is 8.45. The average molecular weight is 438 g/mol. The quantitative estimate of drug-likeness (QED) is 0.664. The summed E-state index contributed by atoms with van der Waals surface area (Å²) in [6.07, 6.45) is -4.12. The van der Waals surface area contributed by atoms with E-state index in [1.54, 1.807) is 6.07 Å². The van der Waals surface area contributed by atoms with E-state index in [1.807, 2.05) is 33.8 Å². The molecule has 0 radical (unpaired) electrons. The summed E-state index contributed by atoms with van der Waals surface area (Å²) in [7, 11) is 0. The number of aromatic nitrogens is 2. The van der Waals surface area contributed by atoms with E-state index >= 15 is 0 Å². The van der Waals surface area contributed by atoms with Crippen molar-refractivity contribution < 1.29 is 23.0 Å². The summed E-state index contributed by atoms with van der Waals surface area (Å²) in [4.78, 5) is 11.4. The molecule has 31 heavy (non-hydrogen) atoms. The van der Waals surface area contributed by atoms with E-state index in [9.17, 15) is 18.3 Å². The topological polar surface area (TPSA) is 70.5 Å². The summed E-state index contributed by atoms with van der Waals surface area (Å²) in [5.41, 5.74) is 1.78. The summed E-state index contributed by atoms with van der Waals surface area (Å²) < 4.78 is 41.5. The molecule has 1 aromatic carbocycles. The van der Waals surface area contributed by atoms with Gasteiger partial charge in [0, 0.05) is 25.1 Å². The van der Waals surface area contributed by atoms with Gasteiger partial charge >= 0.3 is 6.36 Å². The highest BCUT2D eigenvalue weighted by atomic mass is 19.4. The van der Waals surface area contributed by atoms with Gasteiger partial charge in [0.05, 0.1) is 12.6 Å². The van der Waals surface area contributed by atoms with Crippen LogP contribution >= 0.6 is 0 Å². The molecule has 0 saturated heterocycles. The van der Waals surface area contributed by atoms with Crippen molar-refractivity contribution >= 4 is 11.6 Å². The number of nitrogens with one attached hydrogen (secondary N) is 1. The van der Waals surface area contributed by atoms with Crippen LogP contribution in [0.4, 0.5) is 24.8 Å². The predicted molar refractivity (Wildman–Crippen MR) is 113 cm³/mol. The molecule has 0 spiro atoms. The number of aliphatic hydroxyl groups excluding tert-OH is 1. The van der Waals surface area contributed by atoms with E-state index in [0.717, 1.165) is 16.9 Å². The van der Waals surface area contributed by atoms with E-state index < -0.39 is 6.36 Å². The first-order valence-corrected chi connectivity index (χ1v) is 10.4. The highest BCUT2D eigenvalue weighted by Crippen LogP contribution is 2.30. The third-order valence-corrected chi connectivity index (χ3v) is 5.33. The van der Waals surface area contributed by atoms with Gasteiger partial charge in [-0.25, -0.2) is 9.97 Å². The monoisotopic (exact) mass is 438 g/mol. The van der Waals surface area contributed by atoms with Gasteiger partial charge in [0.1, 0.15) is 23.2 Å². The van der Waals surface area contributed by atoms with Crippen LogP contribution in [0.25, 0.3) is 0 Å². The molecule has 2 aromatic rings. The van der Waals surface area contributed by atoms with E-state index in [1.165, 1.54) is 12.1 Å². The van der Waals surface area contributed by atoms with E-state index in [-0.39, 0.29) is 30.2 Å². The van der Waals surface area contributed by atoms with Gasteiger partial charge in [0.2, 0.25) is 0 Å². The Kier molecular flexibility index (Phi) is 6.93. The number of hydrogen-bond acceptors (Lipinski definition) is 6. The molecule has 1 aliphatic rings. The van der Waals surface area contributed by atoms with E-state index in [2.05, 4.69) is 19.9 Å². The highest BCUT2D eigenvalue weighted by Gasteiger charge is 2.31. The Morgan fingerprint density at radius 1 is 1.13 bits per heavy atom. The van der Waals surface area contributed by atoms with Gasteiger partial charge < -0.3 is 20.1 Å². The van der Waals surface area contributed by atoms with Gasteiger partial charge in [-0.15, -0.1) is 13.2 Å². The number of fused-ring (bicyclic) bond motifs is 1. The largest absolute Gasteiger partial charge is 0.573 e. The minimum Gasteiger partial charge on any atom is -0.406 e. The molecule has 9 heteroatoms. The lowest BCUT2D eigenvalue weighted by Gasteiger charge is -2.31. The van der Waals surface area contributed by atoms with Crippen LogP contribution in [0, 0.1) is 5.92 Å². The smallest absolute Gasteiger partial charge is 0.406 e. The Labute approximate surface area is 180 Å². The third kappa shape index (κ3) is 6.00. The Morgan fingerprint density at radius 2 is 1.87 bits per heavy atom. The maximum absolute atomic E-state index is 12.5. The van der Waals surface area contributed by atoms with Crippen molar-refractivity contribution in [2.24, 2.45) is 5.92 Å². The zero-order valence-corrected chi connectivity index (χ0v) is 18.2. The molecule has 0 amide bonds. The fourth-order valence-electron chi connectivity index (χ4n) is 3.48. The standard InChI is InChI=1S/C22H29F3N4O2/c1-13(2)18(12-30)26-19-10-20(28-21(27-19)14(3)4)29-8-7-15-9-17(31-22(23,24)25)6-5-16(15)11-29/h5-6,9-10,13-14,18,30H,7-8,11-12H2,1-4H3,(H,26,27,28)/t18-/m0/s1. The number of alkyl halides is 3. The van der Waals surface area contributed by atoms with Crippen LogP contribution in [-0.2, 0) is 13.0 Å². The molecule has 2 N–H and O–H groups in total. The molecule has 2 heterocycles. The molecule has 0 unspecified atom stereocenters. The second kappa shape index (κ2) is 9.30. The fraction of sp³-hybridized carbons (Fsp3) is 0.545. The number of halogens is 3. The van der Waals surface area contributed by atoms with Crippen molar-refractivity contribution in [3.63, 3.8) is 0 Å². The average Bonchev–Trinajstić information content (AvgIpc) is 2.69. The Hall–Kier alpha value is -2.55. The van der Waals surface area contributed by atoms with Crippen LogP contribution in [0.3, 0.4) is 0 Å². The molecule has 0 saturated carbocycles. The van der Waals surface area contributed by atoms with Crippen LogP contribution < -0.4 is 15.0 Å². The third-order valence-electron chi connectivity index (χ3n) is 5.33. The predicted octanol–water partition coefficient (Wildman–Crippen LogP) is 4.49. The van der Waals surface area contributed by atoms with Gasteiger partial charge in [-0.3, -0.25) is 0 Å². The lowest BCUT2D eigenvalue weighted by atomic mass is 9.99. The molecule has 1 aliphatic heterocycles. The van der Waals surface area contributed by atoms with Crippen LogP contribution in [0.5, 0.6) is 5.75 Å². The summed E-state index contributed by atoms with van der Waals surface area (Å²) in [6, 6.07) is 6.21. The lowest BCUT2D eigenvalue weighted by Crippen LogP contribution is -2.33. The SMILES string of the molecule is CC(C)c1nc(N[C@@H](CO)C(C)C)cc(N2CCc3cc(OC(F)(F)F)ccc3C2)n1. The summed E-state index contributed by atoms with van der Waals surface area (Å²) >= 11 is 0. The van der Waals surface area contributed by atoms with Gasteiger partial charge in [-0.2, -0.15) is 0 Å². The molecule has 3 rings (SSSR count). The Bertz CT molecular complexity index is 903. The minimum absolute atomic E-state index is 0.00651. The van der Waals surface area contributed by atoms with Crippen molar-refractivity contribution in [2.45, 2.75) is 59.0 Å². The number of aliphatic hydroxyl groups is 1. The fourth-order valence-corrected chi connectivity index (χ4v) is 3.48. The van der Waals surface area contributed by atoms with Crippen molar-refractivity contribution in [1.29, 1.82) is 0 Å². The lowest BCUT2D eigenvalue weighted by molar-refractivity contribution is -0.274. The molecule has 1 atom stereocenters. The molecule has 0 fully saturated rings. The normalized spacial score (nSPS) is 15.2. The molecule has 170 valence electrons. The molecule has 1 aromatic heterocycles. The molecule has 6 nitrogen and oxygen atoms in total. The maximum Gasteiger partial charge on any atom is 0.573 e. The van der Waals surface area contributed by atoms with Crippen molar-refractivity contribution in [3.05, 3.63) is 41.2 Å². The molecular weight excluding hydrogens is 409 g/mol. The van der Waals surface area contributed by atoms with Gasteiger partial charge in [-0.1, -0.05) is 33.8 Å². The number of hydrogen-bond donors (Lipinski definition) is 2. The summed E-state index contributed by atoms with van der Waals surface area (Å²) in [6.45, 7) is 9.22. The van der Waals surface area contributed by atoms with Crippen molar-refractivity contribution in [2.75, 3.05) is 23.4 Å². The first-order chi connectivity index (χ1) is 14.6. The minimum atomic E-state index is -4.70. The molecule has 0 bridgehead atoms. The number of benzene rings is 1. The number of anilines is 2. The van der Waals surface area contributed by atoms with E-state index in [4.69, 9.17) is 4.98 Å². The van der Waals surface area contributed by atoms with Crippen LogP contribution in [-0.4, -0.2) is 40.6 Å². The number of ether oxygens (including phenoxy) is 1. The van der Waals surface area contributed by atoms with Gasteiger partial charge in [0.25, 0.3) is 0 Å². The summed E-state index contributed by atoms with van der Waals surface area (Å²) in [5, 5.41) is 13.0. The molecule has 0 aliphatic carbocycles. The molecular formula is C22H29F3N4O2. The zero-order chi connectivity index (χ0) is 22.8. The first-order valence-electron chi connectivity index (χ1n) is 10.4. The second-order valence-corrected chi connectivity index (χ2v) is 8.45. The zero-order valence-electron chi connectivity index (χ0n) is 18.2. The Balaban J connectivity index is 1.84. The van der Waals surface area contributed by atoms with E-state index in [0.29, 0.717) is 31.2 Å². The number of nitrogens with zero attached hydrogens (tertiary/aromatic N) is 3. The van der Waals surface area contributed by atoms with Crippen LogP contribution in [0.2, 0.25) is 0 Å².